The van der Waals surface area contributed by atoms with Crippen molar-refractivity contribution >= 4 is 40.9 Å². The summed E-state index contributed by atoms with van der Waals surface area (Å²) in [7, 11) is 0. The SMILES string of the molecule is CCCn1c(SCCCCNC(=O)C(Cl)Cl)nc(-c2ccccc2)c1-c1ccccc1. The zero-order valence-corrected chi connectivity index (χ0v) is 19.9. The Labute approximate surface area is 198 Å². The minimum absolute atomic E-state index is 0.338. The number of hydrogen-bond acceptors (Lipinski definition) is 3. The maximum Gasteiger partial charge on any atom is 0.253 e. The van der Waals surface area contributed by atoms with Gasteiger partial charge in [0.05, 0.1) is 11.4 Å². The van der Waals surface area contributed by atoms with Gasteiger partial charge in [-0.05, 0) is 19.3 Å². The van der Waals surface area contributed by atoms with E-state index in [2.05, 4.69) is 65.3 Å². The van der Waals surface area contributed by atoms with Gasteiger partial charge < -0.3 is 9.88 Å². The highest BCUT2D eigenvalue weighted by Crippen LogP contribution is 2.36. The van der Waals surface area contributed by atoms with Crippen molar-refractivity contribution in [2.45, 2.75) is 42.7 Å². The van der Waals surface area contributed by atoms with Crippen LogP contribution in [0.3, 0.4) is 0 Å². The fourth-order valence-corrected chi connectivity index (χ4v) is 4.52. The molecule has 0 bridgehead atoms. The molecule has 3 rings (SSSR count). The zero-order valence-electron chi connectivity index (χ0n) is 17.6. The number of carbonyl (C=O) groups is 1. The Kier molecular flexibility index (Phi) is 9.31. The van der Waals surface area contributed by atoms with Gasteiger partial charge in [0.25, 0.3) is 5.91 Å². The van der Waals surface area contributed by atoms with Crippen molar-refractivity contribution in [3.8, 4) is 22.5 Å². The molecule has 0 aliphatic carbocycles. The van der Waals surface area contributed by atoms with Crippen molar-refractivity contribution in [3.05, 3.63) is 60.7 Å². The monoisotopic (exact) mass is 475 g/mol. The molecule has 164 valence electrons. The second-order valence-electron chi connectivity index (χ2n) is 7.12. The van der Waals surface area contributed by atoms with E-state index < -0.39 is 4.84 Å². The highest BCUT2D eigenvalue weighted by Gasteiger charge is 2.19. The van der Waals surface area contributed by atoms with Gasteiger partial charge in [-0.3, -0.25) is 4.79 Å². The van der Waals surface area contributed by atoms with Crippen molar-refractivity contribution < 1.29 is 4.79 Å². The Morgan fingerprint density at radius 1 is 1.03 bits per heavy atom. The fraction of sp³-hybridized carbons (Fsp3) is 0.333. The second kappa shape index (κ2) is 12.2. The van der Waals surface area contributed by atoms with Crippen molar-refractivity contribution in [1.82, 2.24) is 14.9 Å². The Balaban J connectivity index is 1.79. The number of hydrogen-bond donors (Lipinski definition) is 1. The van der Waals surface area contributed by atoms with Crippen LogP contribution < -0.4 is 5.32 Å². The molecule has 1 heterocycles. The van der Waals surface area contributed by atoms with Crippen LogP contribution in [0.25, 0.3) is 22.5 Å². The number of unbranched alkanes of at least 4 members (excludes halogenated alkanes) is 1. The third-order valence-electron chi connectivity index (χ3n) is 4.77. The minimum Gasteiger partial charge on any atom is -0.354 e. The van der Waals surface area contributed by atoms with Gasteiger partial charge >= 0.3 is 0 Å². The van der Waals surface area contributed by atoms with E-state index in [1.54, 1.807) is 11.8 Å². The van der Waals surface area contributed by atoms with Crippen LogP contribution in [-0.4, -0.2) is 32.6 Å². The van der Waals surface area contributed by atoms with Gasteiger partial charge in [-0.15, -0.1) is 0 Å². The Hall–Kier alpha value is -1.95. The first-order valence-electron chi connectivity index (χ1n) is 10.5. The van der Waals surface area contributed by atoms with E-state index in [4.69, 9.17) is 28.2 Å². The molecular formula is C24H27Cl2N3OS. The van der Waals surface area contributed by atoms with Crippen LogP contribution in [0.2, 0.25) is 0 Å². The molecule has 1 N–H and O–H groups in total. The van der Waals surface area contributed by atoms with Gasteiger partial charge in [0, 0.05) is 30.0 Å². The van der Waals surface area contributed by atoms with E-state index in [9.17, 15) is 4.79 Å². The van der Waals surface area contributed by atoms with Crippen LogP contribution in [-0.2, 0) is 11.3 Å². The molecule has 7 heteroatoms. The van der Waals surface area contributed by atoms with Crippen LogP contribution in [0.5, 0.6) is 0 Å². The smallest absolute Gasteiger partial charge is 0.253 e. The molecule has 0 spiro atoms. The van der Waals surface area contributed by atoms with Crippen molar-refractivity contribution in [2.24, 2.45) is 0 Å². The third-order valence-corrected chi connectivity index (χ3v) is 6.23. The Morgan fingerprint density at radius 3 is 2.29 bits per heavy atom. The first-order chi connectivity index (χ1) is 15.1. The average molecular weight is 476 g/mol. The number of nitrogens with one attached hydrogen (secondary N) is 1. The Bertz CT molecular complexity index is 962. The standard InChI is InChI=1S/C24H27Cl2N3OS/c1-2-16-29-21(19-13-7-4-8-14-19)20(18-11-5-3-6-12-18)28-24(29)31-17-10-9-15-27-23(30)22(25)26/h3-8,11-14,22H,2,9-10,15-17H2,1H3,(H,27,30). The molecular weight excluding hydrogens is 449 g/mol. The van der Waals surface area contributed by atoms with Crippen molar-refractivity contribution in [3.63, 3.8) is 0 Å². The number of benzene rings is 2. The molecule has 0 unspecified atom stereocenters. The van der Waals surface area contributed by atoms with Crippen LogP contribution in [0.1, 0.15) is 26.2 Å². The summed E-state index contributed by atoms with van der Waals surface area (Å²) in [4.78, 5) is 15.5. The second-order valence-corrected chi connectivity index (χ2v) is 9.28. The number of alkyl halides is 2. The van der Waals surface area contributed by atoms with E-state index in [0.29, 0.717) is 6.54 Å². The summed E-state index contributed by atoms with van der Waals surface area (Å²) in [6, 6.07) is 20.8. The summed E-state index contributed by atoms with van der Waals surface area (Å²) in [6.07, 6.45) is 2.85. The number of aromatic nitrogens is 2. The van der Waals surface area contributed by atoms with Crippen molar-refractivity contribution in [2.75, 3.05) is 12.3 Å². The highest BCUT2D eigenvalue weighted by molar-refractivity contribution is 7.99. The van der Waals surface area contributed by atoms with Crippen LogP contribution in [0.4, 0.5) is 0 Å². The molecule has 0 saturated carbocycles. The average Bonchev–Trinajstić information content (AvgIpc) is 3.15. The number of halogens is 2. The summed E-state index contributed by atoms with van der Waals surface area (Å²) in [5.41, 5.74) is 4.48. The molecule has 3 aromatic rings. The molecule has 0 radical (unpaired) electrons. The topological polar surface area (TPSA) is 46.9 Å². The largest absolute Gasteiger partial charge is 0.354 e. The lowest BCUT2D eigenvalue weighted by Gasteiger charge is -2.12. The first kappa shape index (κ1) is 23.7. The first-order valence-corrected chi connectivity index (χ1v) is 12.4. The van der Waals surface area contributed by atoms with E-state index >= 15 is 0 Å². The zero-order chi connectivity index (χ0) is 22.1. The van der Waals surface area contributed by atoms with Gasteiger partial charge in [-0.25, -0.2) is 4.98 Å². The third kappa shape index (κ3) is 6.52. The maximum absolute atomic E-state index is 11.4. The highest BCUT2D eigenvalue weighted by atomic mass is 35.5. The van der Waals surface area contributed by atoms with E-state index in [1.165, 1.54) is 11.3 Å². The van der Waals surface area contributed by atoms with Gasteiger partial charge in [0.15, 0.2) is 9.99 Å². The number of carbonyl (C=O) groups excluding carboxylic acids is 1. The normalized spacial score (nSPS) is 11.1. The van der Waals surface area contributed by atoms with Crippen LogP contribution in [0.15, 0.2) is 65.8 Å². The molecule has 2 aromatic carbocycles. The molecule has 1 aromatic heterocycles. The molecule has 31 heavy (non-hydrogen) atoms. The molecule has 1 amide bonds. The summed E-state index contributed by atoms with van der Waals surface area (Å²) >= 11 is 12.9. The quantitative estimate of drug-likeness (QED) is 0.197. The van der Waals surface area contributed by atoms with Gasteiger partial charge in [-0.1, -0.05) is 103 Å². The molecule has 4 nitrogen and oxygen atoms in total. The number of amides is 1. The number of nitrogens with zero attached hydrogens (tertiary/aromatic N) is 2. The molecule has 0 aliphatic rings. The lowest BCUT2D eigenvalue weighted by Crippen LogP contribution is -2.29. The fourth-order valence-electron chi connectivity index (χ4n) is 3.34. The molecule has 0 saturated heterocycles. The summed E-state index contributed by atoms with van der Waals surface area (Å²) < 4.78 is 2.34. The minimum atomic E-state index is -1.01. The van der Waals surface area contributed by atoms with E-state index in [1.807, 2.05) is 12.1 Å². The summed E-state index contributed by atoms with van der Waals surface area (Å²) in [5, 5.41) is 3.77. The van der Waals surface area contributed by atoms with Gasteiger partial charge in [-0.2, -0.15) is 0 Å². The van der Waals surface area contributed by atoms with E-state index in [0.717, 1.165) is 48.0 Å². The van der Waals surface area contributed by atoms with Crippen molar-refractivity contribution in [1.29, 1.82) is 0 Å². The number of rotatable bonds is 11. The lowest BCUT2D eigenvalue weighted by atomic mass is 10.0. The Morgan fingerprint density at radius 2 is 1.68 bits per heavy atom. The van der Waals surface area contributed by atoms with Crippen LogP contribution >= 0.6 is 35.0 Å². The molecule has 0 aliphatic heterocycles. The lowest BCUT2D eigenvalue weighted by molar-refractivity contribution is -0.119. The molecule has 0 atom stereocenters. The van der Waals surface area contributed by atoms with Gasteiger partial charge in [0.1, 0.15) is 0 Å². The predicted molar refractivity (Wildman–Crippen MR) is 132 cm³/mol. The summed E-state index contributed by atoms with van der Waals surface area (Å²) in [5.74, 6) is 0.582. The maximum atomic E-state index is 11.4. The number of thioether (sulfide) groups is 1. The molecule has 0 fully saturated rings. The van der Waals surface area contributed by atoms with Crippen LogP contribution in [0, 0.1) is 0 Å². The van der Waals surface area contributed by atoms with Gasteiger partial charge in [0.2, 0.25) is 0 Å². The number of imidazole rings is 1. The predicted octanol–water partition coefficient (Wildman–Crippen LogP) is 6.42. The van der Waals surface area contributed by atoms with E-state index in [-0.39, 0.29) is 5.91 Å². The summed E-state index contributed by atoms with van der Waals surface area (Å²) in [6.45, 7) is 3.67.